The Labute approximate surface area is 175 Å². The molecule has 0 N–H and O–H groups in total. The predicted molar refractivity (Wildman–Crippen MR) is 117 cm³/mol. The van der Waals surface area contributed by atoms with Crippen LogP contribution in [-0.2, 0) is 20.4 Å². The quantitative estimate of drug-likeness (QED) is 0.383. The van der Waals surface area contributed by atoms with Crippen molar-refractivity contribution in [2.75, 3.05) is 13.7 Å². The molecule has 6 heteroatoms. The Balaban J connectivity index is 2.08. The number of rotatable bonds is 11. The lowest BCUT2D eigenvalue weighted by atomic mass is 9.97. The summed E-state index contributed by atoms with van der Waals surface area (Å²) in [6.45, 7) is 16.3. The lowest BCUT2D eigenvalue weighted by Gasteiger charge is -2.44. The third-order valence-corrected chi connectivity index (χ3v) is 8.06. The van der Waals surface area contributed by atoms with Crippen molar-refractivity contribution in [2.24, 2.45) is 11.8 Å². The Morgan fingerprint density at radius 1 is 1.14 bits per heavy atom. The molecule has 1 aromatic carbocycles. The van der Waals surface area contributed by atoms with Crippen molar-refractivity contribution in [1.82, 2.24) is 0 Å². The average Bonchev–Trinajstić information content (AvgIpc) is 2.73. The van der Waals surface area contributed by atoms with Crippen molar-refractivity contribution in [2.45, 2.75) is 44.7 Å². The zero-order valence-corrected chi connectivity index (χ0v) is 18.6. The first kappa shape index (κ1) is 23.8. The van der Waals surface area contributed by atoms with E-state index >= 15 is 0 Å². The first-order chi connectivity index (χ1) is 13.9. The topological polar surface area (TPSA) is 60.0 Å². The highest BCUT2D eigenvalue weighted by molar-refractivity contribution is 7.60. The van der Waals surface area contributed by atoms with Crippen molar-refractivity contribution < 1.29 is 23.4 Å². The molecule has 160 valence electrons. The normalized spacial score (nSPS) is 27.4. The summed E-state index contributed by atoms with van der Waals surface area (Å²) in [5.74, 6) is 0.663. The van der Waals surface area contributed by atoms with Gasteiger partial charge in [-0.05, 0) is 17.7 Å². The minimum atomic E-state index is -3.43. The predicted octanol–water partition coefficient (Wildman–Crippen LogP) is 4.71. The third-order valence-electron chi connectivity index (χ3n) is 5.22. The second kappa shape index (κ2) is 11.1. The summed E-state index contributed by atoms with van der Waals surface area (Å²) >= 11 is 0. The minimum absolute atomic E-state index is 0.0684. The van der Waals surface area contributed by atoms with Crippen LogP contribution in [0.4, 0.5) is 0 Å². The van der Waals surface area contributed by atoms with E-state index in [2.05, 4.69) is 19.7 Å². The van der Waals surface area contributed by atoms with Crippen LogP contribution in [0.25, 0.3) is 0 Å². The molecule has 1 saturated heterocycles. The van der Waals surface area contributed by atoms with Crippen LogP contribution in [0.3, 0.4) is 0 Å². The second-order valence-corrected chi connectivity index (χ2v) is 9.56. The molecular formula is C23H33O5P. The first-order valence-electron chi connectivity index (χ1n) is 9.91. The molecule has 0 aliphatic carbocycles. The highest BCUT2D eigenvalue weighted by Crippen LogP contribution is 2.65. The highest BCUT2D eigenvalue weighted by atomic mass is 31.2. The van der Waals surface area contributed by atoms with E-state index in [4.69, 9.17) is 18.5 Å². The maximum Gasteiger partial charge on any atom is 0.243 e. The number of hydrogen-bond acceptors (Lipinski definition) is 5. The molecule has 29 heavy (non-hydrogen) atoms. The maximum atomic E-state index is 13.8. The van der Waals surface area contributed by atoms with Crippen LogP contribution in [0.15, 0.2) is 62.2 Å². The fourth-order valence-electron chi connectivity index (χ4n) is 3.58. The van der Waals surface area contributed by atoms with Crippen molar-refractivity contribution in [1.29, 1.82) is 0 Å². The van der Waals surface area contributed by atoms with Crippen molar-refractivity contribution in [3.63, 3.8) is 0 Å². The first-order valence-corrected chi connectivity index (χ1v) is 11.5. The van der Waals surface area contributed by atoms with Gasteiger partial charge in [0.2, 0.25) is 7.94 Å². The molecule has 0 radical (unpaired) electrons. The lowest BCUT2D eigenvalue weighted by molar-refractivity contribution is -0.238. The number of ether oxygens (including phenoxy) is 2. The summed E-state index contributed by atoms with van der Waals surface area (Å²) in [4.78, 5) is 13.8. The van der Waals surface area contributed by atoms with E-state index in [-0.39, 0.29) is 29.7 Å². The number of benzene rings is 1. The van der Waals surface area contributed by atoms with E-state index in [9.17, 15) is 4.89 Å². The zero-order chi connectivity index (χ0) is 21.4. The molecule has 5 nitrogen and oxygen atoms in total. The highest BCUT2D eigenvalue weighted by Gasteiger charge is 2.52. The van der Waals surface area contributed by atoms with Gasteiger partial charge in [0.1, 0.15) is 23.6 Å². The Morgan fingerprint density at radius 3 is 2.21 bits per heavy atom. The van der Waals surface area contributed by atoms with Crippen molar-refractivity contribution in [3.8, 4) is 5.75 Å². The van der Waals surface area contributed by atoms with E-state index in [1.54, 1.807) is 25.3 Å². The molecule has 0 spiro atoms. The largest absolute Gasteiger partial charge is 0.631 e. The molecule has 5 atom stereocenters. The molecular weight excluding hydrogens is 387 g/mol. The van der Waals surface area contributed by atoms with Gasteiger partial charge in [0.15, 0.2) is 0 Å². The number of allylic oxidation sites excluding steroid dienone is 1. The second-order valence-electron chi connectivity index (χ2n) is 7.46. The van der Waals surface area contributed by atoms with Crippen LogP contribution in [0.5, 0.6) is 5.75 Å². The summed E-state index contributed by atoms with van der Waals surface area (Å²) in [6.07, 6.45) is 5.04. The van der Waals surface area contributed by atoms with Crippen molar-refractivity contribution in [3.05, 3.63) is 67.8 Å². The van der Waals surface area contributed by atoms with Crippen LogP contribution >= 0.6 is 7.94 Å². The molecule has 1 fully saturated rings. The molecule has 1 aliphatic heterocycles. The van der Waals surface area contributed by atoms with E-state index in [0.717, 1.165) is 11.3 Å². The molecule has 2 rings (SSSR count). The molecule has 0 unspecified atom stereocenters. The number of methoxy groups -OCH3 is 1. The van der Waals surface area contributed by atoms with Crippen LogP contribution in [-0.4, -0.2) is 31.6 Å². The standard InChI is InChI=1S/C23H33O5P/c1-7-17(4)23(29(24)27-20(8-2)14-21(9-3)28-29)18(5)15-26-16-19-10-12-22(25-6)13-11-19/h7-13,17-18,20-21,23H,1-3,14-16H2,4-6H3/t17-,18-,20-,21-,23-/m0/s1. The molecule has 0 amide bonds. The van der Waals surface area contributed by atoms with Crippen LogP contribution in [0.1, 0.15) is 25.8 Å². The van der Waals surface area contributed by atoms with Gasteiger partial charge in [-0.15, -0.1) is 19.7 Å². The van der Waals surface area contributed by atoms with Gasteiger partial charge < -0.3 is 14.4 Å². The third kappa shape index (κ3) is 6.24. The summed E-state index contributed by atoms with van der Waals surface area (Å²) in [5, 5.41) is 0. The summed E-state index contributed by atoms with van der Waals surface area (Å²) in [5.41, 5.74) is 0.669. The summed E-state index contributed by atoms with van der Waals surface area (Å²) in [7, 11) is -1.79. The molecule has 1 heterocycles. The number of hydrogen-bond donors (Lipinski definition) is 0. The fourth-order valence-corrected chi connectivity index (χ4v) is 6.41. The smallest absolute Gasteiger partial charge is 0.243 e. The Hall–Kier alpha value is -1.49. The van der Waals surface area contributed by atoms with Gasteiger partial charge in [-0.3, -0.25) is 0 Å². The lowest BCUT2D eigenvalue weighted by Crippen LogP contribution is -2.43. The average molecular weight is 420 g/mol. The Bertz CT molecular complexity index is 658. The summed E-state index contributed by atoms with van der Waals surface area (Å²) in [6, 6.07) is 7.73. The van der Waals surface area contributed by atoms with Crippen LogP contribution in [0, 0.1) is 11.8 Å². The van der Waals surface area contributed by atoms with Gasteiger partial charge in [0.05, 0.1) is 20.3 Å². The molecule has 1 aromatic rings. The van der Waals surface area contributed by atoms with Crippen molar-refractivity contribution >= 4 is 7.94 Å². The molecule has 1 aliphatic rings. The maximum absolute atomic E-state index is 13.8. The van der Waals surface area contributed by atoms with Gasteiger partial charge in [-0.25, -0.2) is 9.05 Å². The van der Waals surface area contributed by atoms with Gasteiger partial charge in [-0.2, -0.15) is 0 Å². The molecule has 0 bridgehead atoms. The minimum Gasteiger partial charge on any atom is -0.631 e. The zero-order valence-electron chi connectivity index (χ0n) is 17.7. The fraction of sp³-hybridized carbons (Fsp3) is 0.478. The SMILES string of the molecule is C=C[C@H]1C[C@H](C=C)O[P+]([O-])([C@@H]([C@@H](C)C=C)[C@@H](C)COCc2ccc(OC)cc2)O1. The van der Waals surface area contributed by atoms with E-state index in [1.165, 1.54) is 0 Å². The van der Waals surface area contributed by atoms with Crippen LogP contribution < -0.4 is 9.63 Å². The van der Waals surface area contributed by atoms with Gasteiger partial charge in [0.25, 0.3) is 0 Å². The Kier molecular flexibility index (Phi) is 9.06. The van der Waals surface area contributed by atoms with Crippen LogP contribution in [0.2, 0.25) is 0 Å². The summed E-state index contributed by atoms with van der Waals surface area (Å²) < 4.78 is 22.9. The van der Waals surface area contributed by atoms with Gasteiger partial charge >= 0.3 is 0 Å². The molecule has 0 aromatic heterocycles. The van der Waals surface area contributed by atoms with E-state index in [1.807, 2.05) is 38.1 Å². The monoisotopic (exact) mass is 420 g/mol. The van der Waals surface area contributed by atoms with E-state index in [0.29, 0.717) is 19.6 Å². The Morgan fingerprint density at radius 2 is 1.72 bits per heavy atom. The van der Waals surface area contributed by atoms with E-state index < -0.39 is 7.94 Å². The molecule has 0 saturated carbocycles. The van der Waals surface area contributed by atoms with Gasteiger partial charge in [-0.1, -0.05) is 44.2 Å². The van der Waals surface area contributed by atoms with Gasteiger partial charge in [0, 0.05) is 18.3 Å².